The lowest BCUT2D eigenvalue weighted by Gasteiger charge is -2.17. The van der Waals surface area contributed by atoms with Crippen molar-refractivity contribution in [2.75, 3.05) is 0 Å². The van der Waals surface area contributed by atoms with Crippen LogP contribution in [0.5, 0.6) is 0 Å². The van der Waals surface area contributed by atoms with Crippen molar-refractivity contribution in [3.05, 3.63) is 56.3 Å². The SMILES string of the molecule is Cc1cc(C)c(C(O)c2ccc(C(C)(C)C)s2)cc1C. The van der Waals surface area contributed by atoms with Gasteiger partial charge >= 0.3 is 0 Å². The van der Waals surface area contributed by atoms with Crippen LogP contribution >= 0.6 is 11.3 Å². The molecule has 0 saturated carbocycles. The van der Waals surface area contributed by atoms with Crippen LogP contribution in [0, 0.1) is 20.8 Å². The fourth-order valence-corrected chi connectivity index (χ4v) is 3.40. The van der Waals surface area contributed by atoms with E-state index < -0.39 is 6.10 Å². The summed E-state index contributed by atoms with van der Waals surface area (Å²) in [7, 11) is 0. The Morgan fingerprint density at radius 2 is 1.55 bits per heavy atom. The predicted molar refractivity (Wildman–Crippen MR) is 87.7 cm³/mol. The maximum Gasteiger partial charge on any atom is 0.113 e. The second-order valence-electron chi connectivity index (χ2n) is 6.65. The number of benzene rings is 1. The number of hydrogen-bond donors (Lipinski definition) is 1. The highest BCUT2D eigenvalue weighted by Crippen LogP contribution is 2.35. The third-order valence-corrected chi connectivity index (χ3v) is 5.38. The lowest BCUT2D eigenvalue weighted by Crippen LogP contribution is -2.08. The van der Waals surface area contributed by atoms with Gasteiger partial charge in [-0.1, -0.05) is 32.9 Å². The van der Waals surface area contributed by atoms with Crippen LogP contribution < -0.4 is 0 Å². The minimum absolute atomic E-state index is 0.140. The van der Waals surface area contributed by atoms with Crippen LogP contribution in [0.3, 0.4) is 0 Å². The fourth-order valence-electron chi connectivity index (χ4n) is 2.33. The summed E-state index contributed by atoms with van der Waals surface area (Å²) < 4.78 is 0. The van der Waals surface area contributed by atoms with Gasteiger partial charge in [0.05, 0.1) is 0 Å². The Morgan fingerprint density at radius 3 is 2.10 bits per heavy atom. The van der Waals surface area contributed by atoms with E-state index in [1.54, 1.807) is 11.3 Å². The minimum Gasteiger partial charge on any atom is -0.383 e. The molecule has 2 rings (SSSR count). The Hall–Kier alpha value is -1.12. The predicted octanol–water partition coefficient (Wildman–Crippen LogP) is 5.05. The van der Waals surface area contributed by atoms with Gasteiger partial charge in [-0.05, 0) is 60.6 Å². The van der Waals surface area contributed by atoms with Crippen LogP contribution in [0.1, 0.15) is 58.9 Å². The van der Waals surface area contributed by atoms with Gasteiger partial charge in [-0.25, -0.2) is 0 Å². The summed E-state index contributed by atoms with van der Waals surface area (Å²) in [5, 5.41) is 10.7. The number of hydrogen-bond acceptors (Lipinski definition) is 2. The van der Waals surface area contributed by atoms with E-state index in [1.807, 2.05) is 0 Å². The first-order chi connectivity index (χ1) is 9.20. The van der Waals surface area contributed by atoms with Crippen LogP contribution in [0.2, 0.25) is 0 Å². The van der Waals surface area contributed by atoms with Crippen molar-refractivity contribution < 1.29 is 5.11 Å². The largest absolute Gasteiger partial charge is 0.383 e. The van der Waals surface area contributed by atoms with Gasteiger partial charge in [0.25, 0.3) is 0 Å². The molecule has 1 N–H and O–H groups in total. The molecule has 1 atom stereocenters. The van der Waals surface area contributed by atoms with E-state index in [0.717, 1.165) is 16.0 Å². The van der Waals surface area contributed by atoms with E-state index in [2.05, 4.69) is 65.8 Å². The first-order valence-corrected chi connectivity index (χ1v) is 7.88. The molecule has 20 heavy (non-hydrogen) atoms. The average molecular weight is 288 g/mol. The summed E-state index contributed by atoms with van der Waals surface area (Å²) in [6.07, 6.45) is -0.518. The maximum atomic E-state index is 10.7. The molecule has 0 spiro atoms. The molecule has 0 bridgehead atoms. The highest BCUT2D eigenvalue weighted by atomic mass is 32.1. The molecule has 2 aromatic rings. The summed E-state index contributed by atoms with van der Waals surface area (Å²) >= 11 is 1.71. The monoisotopic (exact) mass is 288 g/mol. The van der Waals surface area contributed by atoms with E-state index in [-0.39, 0.29) is 5.41 Å². The standard InChI is InChI=1S/C18H24OS/c1-11-9-13(3)14(10-12(11)2)17(19)15-7-8-16(20-15)18(4,5)6/h7-10,17,19H,1-6H3. The van der Waals surface area contributed by atoms with Gasteiger partial charge in [0.15, 0.2) is 0 Å². The van der Waals surface area contributed by atoms with Gasteiger partial charge in [-0.2, -0.15) is 0 Å². The lowest BCUT2D eigenvalue weighted by atomic mass is 9.94. The second kappa shape index (κ2) is 5.34. The third kappa shape index (κ3) is 2.97. The molecular formula is C18H24OS. The van der Waals surface area contributed by atoms with E-state index >= 15 is 0 Å². The smallest absolute Gasteiger partial charge is 0.113 e. The Bertz CT molecular complexity index is 617. The number of aryl methyl sites for hydroxylation is 3. The van der Waals surface area contributed by atoms with Crippen LogP contribution in [0.4, 0.5) is 0 Å². The van der Waals surface area contributed by atoms with Gasteiger partial charge in [0, 0.05) is 9.75 Å². The van der Waals surface area contributed by atoms with Crippen molar-refractivity contribution in [2.45, 2.75) is 53.1 Å². The molecule has 0 aliphatic heterocycles. The van der Waals surface area contributed by atoms with Crippen molar-refractivity contribution >= 4 is 11.3 Å². The van der Waals surface area contributed by atoms with Gasteiger partial charge in [0.2, 0.25) is 0 Å². The fraction of sp³-hybridized carbons (Fsp3) is 0.444. The molecule has 2 heteroatoms. The molecule has 1 aromatic heterocycles. The topological polar surface area (TPSA) is 20.2 Å². The quantitative estimate of drug-likeness (QED) is 0.819. The Morgan fingerprint density at radius 1 is 0.950 bits per heavy atom. The van der Waals surface area contributed by atoms with Crippen molar-refractivity contribution in [3.63, 3.8) is 0 Å². The van der Waals surface area contributed by atoms with E-state index in [4.69, 9.17) is 0 Å². The molecule has 1 nitrogen and oxygen atoms in total. The van der Waals surface area contributed by atoms with E-state index in [0.29, 0.717) is 0 Å². The van der Waals surface area contributed by atoms with Crippen LogP contribution in [0.25, 0.3) is 0 Å². The summed E-state index contributed by atoms with van der Waals surface area (Å²) in [5.41, 5.74) is 4.83. The van der Waals surface area contributed by atoms with Crippen molar-refractivity contribution in [1.82, 2.24) is 0 Å². The van der Waals surface area contributed by atoms with Crippen LogP contribution in [-0.4, -0.2) is 5.11 Å². The van der Waals surface area contributed by atoms with Gasteiger partial charge in [0.1, 0.15) is 6.10 Å². The molecule has 1 aromatic carbocycles. The van der Waals surface area contributed by atoms with E-state index in [1.165, 1.54) is 16.0 Å². The molecule has 0 aliphatic rings. The Labute approximate surface area is 126 Å². The minimum atomic E-state index is -0.518. The third-order valence-electron chi connectivity index (χ3n) is 3.81. The summed E-state index contributed by atoms with van der Waals surface area (Å²) in [6.45, 7) is 12.9. The molecular weight excluding hydrogens is 264 g/mol. The van der Waals surface area contributed by atoms with Gasteiger partial charge in [-0.15, -0.1) is 11.3 Å². The van der Waals surface area contributed by atoms with E-state index in [9.17, 15) is 5.11 Å². The molecule has 0 aliphatic carbocycles. The molecule has 1 unspecified atom stereocenters. The molecule has 1 heterocycles. The molecule has 0 saturated heterocycles. The molecule has 108 valence electrons. The first kappa shape index (κ1) is 15.3. The average Bonchev–Trinajstić information content (AvgIpc) is 2.82. The maximum absolute atomic E-state index is 10.7. The first-order valence-electron chi connectivity index (χ1n) is 7.06. The van der Waals surface area contributed by atoms with Crippen LogP contribution in [0.15, 0.2) is 24.3 Å². The number of aliphatic hydroxyl groups is 1. The van der Waals surface area contributed by atoms with Gasteiger partial charge < -0.3 is 5.11 Å². The van der Waals surface area contributed by atoms with Gasteiger partial charge in [-0.3, -0.25) is 0 Å². The number of thiophene rings is 1. The Kier molecular flexibility index (Phi) is 4.08. The lowest BCUT2D eigenvalue weighted by molar-refractivity contribution is 0.223. The van der Waals surface area contributed by atoms with Crippen molar-refractivity contribution in [1.29, 1.82) is 0 Å². The van der Waals surface area contributed by atoms with Crippen molar-refractivity contribution in [2.24, 2.45) is 0 Å². The van der Waals surface area contributed by atoms with Crippen molar-refractivity contribution in [3.8, 4) is 0 Å². The summed E-state index contributed by atoms with van der Waals surface area (Å²) in [5.74, 6) is 0. The van der Waals surface area contributed by atoms with Crippen LogP contribution in [-0.2, 0) is 5.41 Å². The number of rotatable bonds is 2. The normalized spacial score (nSPS) is 13.6. The zero-order valence-corrected chi connectivity index (χ0v) is 14.1. The highest BCUT2D eigenvalue weighted by molar-refractivity contribution is 7.12. The second-order valence-corrected chi connectivity index (χ2v) is 7.76. The molecule has 0 radical (unpaired) electrons. The Balaban J connectivity index is 2.39. The summed E-state index contributed by atoms with van der Waals surface area (Å²) in [4.78, 5) is 2.34. The zero-order chi connectivity index (χ0) is 15.1. The molecule has 0 amide bonds. The highest BCUT2D eigenvalue weighted by Gasteiger charge is 2.20. The molecule has 0 fully saturated rings. The zero-order valence-electron chi connectivity index (χ0n) is 13.2. The number of aliphatic hydroxyl groups excluding tert-OH is 1. The summed E-state index contributed by atoms with van der Waals surface area (Å²) in [6, 6.07) is 8.47.